The molecule has 0 spiro atoms. The van der Waals surface area contributed by atoms with Crippen LogP contribution < -0.4 is 26.3 Å². The SMILES string of the molecule is Cn1c(N2CCN(CCOc3ccc4oc(-c5ccccc5)cc(=O)c4c3)CC2)cc(=O)n(C)c1=O. The monoisotopic (exact) mass is 488 g/mol. The molecule has 9 heteroatoms. The van der Waals surface area contributed by atoms with Crippen molar-refractivity contribution in [1.82, 2.24) is 14.0 Å². The number of anilines is 1. The molecule has 0 atom stereocenters. The minimum atomic E-state index is -0.325. The maximum atomic E-state index is 12.7. The fourth-order valence-electron chi connectivity index (χ4n) is 4.49. The first-order chi connectivity index (χ1) is 17.4. The Hall–Kier alpha value is -4.11. The van der Waals surface area contributed by atoms with Gasteiger partial charge in [-0.3, -0.25) is 23.6 Å². The molecule has 0 saturated carbocycles. The highest BCUT2D eigenvalue weighted by atomic mass is 16.5. The summed E-state index contributed by atoms with van der Waals surface area (Å²) < 4.78 is 14.5. The normalized spacial score (nSPS) is 14.3. The number of benzene rings is 2. The van der Waals surface area contributed by atoms with E-state index in [0.29, 0.717) is 48.0 Å². The zero-order valence-corrected chi connectivity index (χ0v) is 20.3. The zero-order valence-electron chi connectivity index (χ0n) is 20.3. The maximum Gasteiger partial charge on any atom is 0.332 e. The fraction of sp³-hybridized carbons (Fsp3) is 0.296. The smallest absolute Gasteiger partial charge is 0.332 e. The Kier molecular flexibility index (Phi) is 6.47. The van der Waals surface area contributed by atoms with E-state index in [0.717, 1.165) is 29.8 Å². The predicted octanol–water partition coefficient (Wildman–Crippen LogP) is 2.06. The molecule has 0 aliphatic carbocycles. The summed E-state index contributed by atoms with van der Waals surface area (Å²) >= 11 is 0. The molecule has 9 nitrogen and oxygen atoms in total. The van der Waals surface area contributed by atoms with Gasteiger partial charge < -0.3 is 14.1 Å². The molecule has 2 aromatic heterocycles. The maximum absolute atomic E-state index is 12.7. The molecule has 1 fully saturated rings. The number of fused-ring (bicyclic) bond motifs is 1. The summed E-state index contributed by atoms with van der Waals surface area (Å²) in [7, 11) is 3.17. The lowest BCUT2D eigenvalue weighted by atomic mass is 10.1. The van der Waals surface area contributed by atoms with E-state index < -0.39 is 0 Å². The average molecular weight is 489 g/mol. The van der Waals surface area contributed by atoms with Crippen molar-refractivity contribution in [2.24, 2.45) is 14.1 Å². The van der Waals surface area contributed by atoms with Crippen LogP contribution in [0.1, 0.15) is 0 Å². The first-order valence-electron chi connectivity index (χ1n) is 11.9. The van der Waals surface area contributed by atoms with Crippen LogP contribution in [0.2, 0.25) is 0 Å². The molecule has 1 aliphatic rings. The third kappa shape index (κ3) is 4.70. The van der Waals surface area contributed by atoms with Gasteiger partial charge in [0.2, 0.25) is 0 Å². The molecule has 5 rings (SSSR count). The van der Waals surface area contributed by atoms with Crippen LogP contribution in [0.15, 0.2) is 79.5 Å². The van der Waals surface area contributed by atoms with E-state index in [2.05, 4.69) is 9.80 Å². The van der Waals surface area contributed by atoms with Crippen molar-refractivity contribution in [3.8, 4) is 17.1 Å². The lowest BCUT2D eigenvalue weighted by Gasteiger charge is -2.36. The van der Waals surface area contributed by atoms with Gasteiger partial charge >= 0.3 is 5.69 Å². The summed E-state index contributed by atoms with van der Waals surface area (Å²) in [5.41, 5.74) is 0.643. The summed E-state index contributed by atoms with van der Waals surface area (Å²) in [6.07, 6.45) is 0. The summed E-state index contributed by atoms with van der Waals surface area (Å²) in [5.74, 6) is 1.80. The fourth-order valence-corrected chi connectivity index (χ4v) is 4.49. The van der Waals surface area contributed by atoms with Crippen LogP contribution in [0.25, 0.3) is 22.3 Å². The highest BCUT2D eigenvalue weighted by molar-refractivity contribution is 5.80. The summed E-state index contributed by atoms with van der Waals surface area (Å²) in [6, 6.07) is 17.9. The molecule has 3 heterocycles. The van der Waals surface area contributed by atoms with Crippen molar-refractivity contribution < 1.29 is 9.15 Å². The van der Waals surface area contributed by atoms with Crippen molar-refractivity contribution in [2.75, 3.05) is 44.2 Å². The van der Waals surface area contributed by atoms with Crippen LogP contribution in [0.3, 0.4) is 0 Å². The van der Waals surface area contributed by atoms with Crippen molar-refractivity contribution in [3.63, 3.8) is 0 Å². The van der Waals surface area contributed by atoms with Crippen molar-refractivity contribution >= 4 is 16.8 Å². The van der Waals surface area contributed by atoms with Crippen LogP contribution in [0, 0.1) is 0 Å². The Bertz CT molecular complexity index is 1560. The Morgan fingerprint density at radius 1 is 0.861 bits per heavy atom. The molecule has 4 aromatic rings. The van der Waals surface area contributed by atoms with Gasteiger partial charge in [-0.15, -0.1) is 0 Å². The molecule has 1 saturated heterocycles. The zero-order chi connectivity index (χ0) is 25.2. The molecule has 1 aliphatic heterocycles. The van der Waals surface area contributed by atoms with Gasteiger partial charge in [0.25, 0.3) is 5.56 Å². The van der Waals surface area contributed by atoms with Crippen LogP contribution in [-0.4, -0.2) is 53.4 Å². The molecule has 0 radical (unpaired) electrons. The van der Waals surface area contributed by atoms with Crippen LogP contribution in [-0.2, 0) is 14.1 Å². The standard InChI is InChI=1S/C27H28N4O5/c1-28-25(18-26(33)29(2)27(28)34)31-12-10-30(11-13-31)14-15-35-20-8-9-23-21(16-20)22(32)17-24(36-23)19-6-4-3-5-7-19/h3-9,16-18H,10-15H2,1-2H3. The van der Waals surface area contributed by atoms with Gasteiger partial charge in [0.1, 0.15) is 29.5 Å². The highest BCUT2D eigenvalue weighted by Gasteiger charge is 2.20. The number of nitrogens with zero attached hydrogens (tertiary/aromatic N) is 4. The van der Waals surface area contributed by atoms with E-state index >= 15 is 0 Å². The van der Waals surface area contributed by atoms with Gasteiger partial charge in [-0.1, -0.05) is 30.3 Å². The van der Waals surface area contributed by atoms with E-state index in [1.807, 2.05) is 36.4 Å². The van der Waals surface area contributed by atoms with Gasteiger partial charge in [-0.25, -0.2) is 4.79 Å². The van der Waals surface area contributed by atoms with E-state index in [4.69, 9.17) is 9.15 Å². The van der Waals surface area contributed by atoms with E-state index in [9.17, 15) is 14.4 Å². The summed E-state index contributed by atoms with van der Waals surface area (Å²) in [4.78, 5) is 41.3. The lowest BCUT2D eigenvalue weighted by molar-refractivity contribution is 0.200. The molecule has 2 aromatic carbocycles. The third-order valence-corrected chi connectivity index (χ3v) is 6.63. The van der Waals surface area contributed by atoms with E-state index in [1.165, 1.54) is 23.7 Å². The van der Waals surface area contributed by atoms with Gasteiger partial charge in [0.15, 0.2) is 5.43 Å². The summed E-state index contributed by atoms with van der Waals surface area (Å²) in [5, 5.41) is 0.486. The molecule has 36 heavy (non-hydrogen) atoms. The summed E-state index contributed by atoms with van der Waals surface area (Å²) in [6.45, 7) is 4.20. The second kappa shape index (κ2) is 9.87. The number of hydrogen-bond donors (Lipinski definition) is 0. The topological polar surface area (TPSA) is 89.9 Å². The first kappa shape index (κ1) is 23.6. The average Bonchev–Trinajstić information content (AvgIpc) is 2.91. The van der Waals surface area contributed by atoms with Crippen LogP contribution >= 0.6 is 0 Å². The Labute approximate surface area is 207 Å². The minimum Gasteiger partial charge on any atom is -0.492 e. The van der Waals surface area contributed by atoms with Gasteiger partial charge in [0.05, 0.1) is 5.39 Å². The molecule has 186 valence electrons. The highest BCUT2D eigenvalue weighted by Crippen LogP contribution is 2.24. The molecular weight excluding hydrogens is 460 g/mol. The van der Waals surface area contributed by atoms with Crippen LogP contribution in [0.4, 0.5) is 5.82 Å². The van der Waals surface area contributed by atoms with E-state index in [1.54, 1.807) is 19.2 Å². The molecule has 0 N–H and O–H groups in total. The first-order valence-corrected chi connectivity index (χ1v) is 11.9. The second-order valence-electron chi connectivity index (χ2n) is 8.92. The van der Waals surface area contributed by atoms with Crippen molar-refractivity contribution in [2.45, 2.75) is 0 Å². The molecule has 0 amide bonds. The lowest BCUT2D eigenvalue weighted by Crippen LogP contribution is -2.50. The van der Waals surface area contributed by atoms with Gasteiger partial charge in [-0.2, -0.15) is 0 Å². The largest absolute Gasteiger partial charge is 0.492 e. The van der Waals surface area contributed by atoms with Crippen molar-refractivity contribution in [3.05, 3.63) is 91.7 Å². The van der Waals surface area contributed by atoms with Gasteiger partial charge in [-0.05, 0) is 18.2 Å². The Balaban J connectivity index is 1.19. The van der Waals surface area contributed by atoms with Crippen molar-refractivity contribution in [1.29, 1.82) is 0 Å². The predicted molar refractivity (Wildman–Crippen MR) is 139 cm³/mol. The number of aromatic nitrogens is 2. The molecule has 0 bridgehead atoms. The number of hydrogen-bond acceptors (Lipinski definition) is 7. The second-order valence-corrected chi connectivity index (χ2v) is 8.92. The van der Waals surface area contributed by atoms with E-state index in [-0.39, 0.29) is 16.7 Å². The molecular formula is C27H28N4O5. The Morgan fingerprint density at radius 2 is 1.61 bits per heavy atom. The van der Waals surface area contributed by atoms with Gasteiger partial charge in [0, 0.05) is 64.5 Å². The Morgan fingerprint density at radius 3 is 2.36 bits per heavy atom. The molecule has 0 unspecified atom stereocenters. The number of piperazine rings is 1. The minimum absolute atomic E-state index is 0.109. The number of rotatable bonds is 6. The quantitative estimate of drug-likeness (QED) is 0.410. The third-order valence-electron chi connectivity index (χ3n) is 6.63. The van der Waals surface area contributed by atoms with Crippen LogP contribution in [0.5, 0.6) is 5.75 Å². The number of ether oxygens (including phenoxy) is 1.